The van der Waals surface area contributed by atoms with Crippen LogP contribution in [-0.2, 0) is 19.1 Å². The second-order valence-electron chi connectivity index (χ2n) is 14.0. The maximum absolute atomic E-state index is 12.1. The zero-order chi connectivity index (χ0) is 27.2. The first-order chi connectivity index (χ1) is 18.1. The maximum Gasteiger partial charge on any atom is 0.306 e. The zero-order valence-electron chi connectivity index (χ0n) is 24.7. The Balaban J connectivity index is 1.26. The Labute approximate surface area is 230 Å². The summed E-state index contributed by atoms with van der Waals surface area (Å²) >= 11 is 0. The fraction of sp³-hybridized carbons (Fsp3) is 0.818. The van der Waals surface area contributed by atoms with Gasteiger partial charge in [-0.25, -0.2) is 0 Å². The van der Waals surface area contributed by atoms with E-state index in [4.69, 9.17) is 9.47 Å². The van der Waals surface area contributed by atoms with Crippen molar-refractivity contribution in [1.82, 2.24) is 5.32 Å². The lowest BCUT2D eigenvalue weighted by Gasteiger charge is -2.58. The highest BCUT2D eigenvalue weighted by Crippen LogP contribution is 2.69. The van der Waals surface area contributed by atoms with Crippen LogP contribution in [0.4, 0.5) is 0 Å². The van der Waals surface area contributed by atoms with Gasteiger partial charge >= 0.3 is 5.97 Å². The molecule has 3 saturated carbocycles. The van der Waals surface area contributed by atoms with Crippen LogP contribution in [0.15, 0.2) is 23.0 Å². The van der Waals surface area contributed by atoms with Gasteiger partial charge in [-0.1, -0.05) is 39.3 Å². The molecule has 0 radical (unpaired) electrons. The molecule has 5 heteroatoms. The van der Waals surface area contributed by atoms with Crippen LogP contribution in [0, 0.1) is 40.4 Å². The van der Waals surface area contributed by atoms with E-state index >= 15 is 0 Å². The van der Waals surface area contributed by atoms with Crippen molar-refractivity contribution < 1.29 is 19.1 Å². The van der Waals surface area contributed by atoms with Gasteiger partial charge < -0.3 is 14.8 Å². The SMILES string of the molecule is CCCC(=O)O[C@@H]1CC[C@@]2(C)C(=CC[C@H]3[C@@H]4C[C@H]5OC(CC[C@@H](C)CNC(C)=O)=C(C)[C@@H]5[C@@]4(C)CC[C@@H]32)C1. The average molecular weight is 526 g/mol. The minimum Gasteiger partial charge on any atom is -0.494 e. The second-order valence-corrected chi connectivity index (χ2v) is 14.0. The van der Waals surface area contributed by atoms with Crippen molar-refractivity contribution in [3.8, 4) is 0 Å². The van der Waals surface area contributed by atoms with Gasteiger partial charge in [-0.15, -0.1) is 0 Å². The molecular weight excluding hydrogens is 474 g/mol. The van der Waals surface area contributed by atoms with E-state index in [1.54, 1.807) is 12.5 Å². The molecule has 212 valence electrons. The molecule has 1 amide bonds. The molecule has 1 heterocycles. The number of esters is 1. The van der Waals surface area contributed by atoms with Crippen molar-refractivity contribution in [3.05, 3.63) is 23.0 Å². The molecule has 0 aromatic rings. The van der Waals surface area contributed by atoms with Crippen LogP contribution in [0.2, 0.25) is 0 Å². The van der Waals surface area contributed by atoms with Gasteiger partial charge in [0.15, 0.2) is 0 Å². The van der Waals surface area contributed by atoms with E-state index in [2.05, 4.69) is 39.1 Å². The Morgan fingerprint density at radius 1 is 1.21 bits per heavy atom. The zero-order valence-corrected chi connectivity index (χ0v) is 24.7. The average Bonchev–Trinajstić information content (AvgIpc) is 3.34. The molecular formula is C33H51NO4. The summed E-state index contributed by atoms with van der Waals surface area (Å²) in [6.07, 6.45) is 14.5. The van der Waals surface area contributed by atoms with E-state index in [0.717, 1.165) is 62.8 Å². The van der Waals surface area contributed by atoms with Crippen LogP contribution < -0.4 is 5.32 Å². The summed E-state index contributed by atoms with van der Waals surface area (Å²) in [7, 11) is 0. The fourth-order valence-corrected chi connectivity index (χ4v) is 9.56. The van der Waals surface area contributed by atoms with E-state index in [1.807, 2.05) is 6.92 Å². The Kier molecular flexibility index (Phi) is 7.79. The molecule has 5 aliphatic rings. The Morgan fingerprint density at radius 3 is 2.74 bits per heavy atom. The van der Waals surface area contributed by atoms with E-state index in [1.165, 1.54) is 37.0 Å². The lowest BCUT2D eigenvalue weighted by atomic mass is 9.47. The van der Waals surface area contributed by atoms with Crippen molar-refractivity contribution in [3.63, 3.8) is 0 Å². The third-order valence-electron chi connectivity index (χ3n) is 11.6. The number of nitrogens with one attached hydrogen (secondary N) is 1. The standard InChI is InChI=1S/C33H51NO4/c1-7-8-30(36)37-24-13-15-32(5)23(17-24)10-11-25-26(32)14-16-33(6)27(25)18-29-31(33)21(3)28(38-29)12-9-20(2)19-34-22(4)35/h10,20,24-27,29,31H,7-9,11-19H2,1-6H3,(H,34,35)/t20-,24-,25-,26+,27+,29-,31+,32+,33+/m1/s1. The molecule has 1 aliphatic heterocycles. The summed E-state index contributed by atoms with van der Waals surface area (Å²) in [5.41, 5.74) is 3.67. The molecule has 0 aromatic heterocycles. The molecule has 0 spiro atoms. The number of amides is 1. The maximum atomic E-state index is 12.1. The van der Waals surface area contributed by atoms with Gasteiger partial charge in [0.05, 0.1) is 5.76 Å². The third-order valence-corrected chi connectivity index (χ3v) is 11.6. The Hall–Kier alpha value is -1.78. The normalized spacial score (nSPS) is 40.2. The Morgan fingerprint density at radius 2 is 2.00 bits per heavy atom. The molecule has 0 unspecified atom stereocenters. The summed E-state index contributed by atoms with van der Waals surface area (Å²) in [4.78, 5) is 23.4. The highest BCUT2D eigenvalue weighted by Gasteiger charge is 2.63. The molecule has 0 bridgehead atoms. The number of carbonyl (C=O) groups is 2. The quantitative estimate of drug-likeness (QED) is 0.271. The predicted molar refractivity (Wildman–Crippen MR) is 150 cm³/mol. The van der Waals surface area contributed by atoms with Gasteiger partial charge in [0.2, 0.25) is 5.91 Å². The molecule has 5 nitrogen and oxygen atoms in total. The molecule has 0 saturated heterocycles. The lowest BCUT2D eigenvalue weighted by molar-refractivity contribution is -0.151. The molecule has 4 aliphatic carbocycles. The first-order valence-corrected chi connectivity index (χ1v) is 15.6. The molecule has 5 rings (SSSR count). The van der Waals surface area contributed by atoms with Gasteiger partial charge in [0, 0.05) is 38.6 Å². The number of fused-ring (bicyclic) bond motifs is 7. The number of hydrogen-bond acceptors (Lipinski definition) is 4. The van der Waals surface area contributed by atoms with Gasteiger partial charge in [-0.2, -0.15) is 0 Å². The minimum absolute atomic E-state index is 0.0219. The highest BCUT2D eigenvalue weighted by atomic mass is 16.5. The van der Waals surface area contributed by atoms with E-state index in [9.17, 15) is 9.59 Å². The largest absolute Gasteiger partial charge is 0.494 e. The van der Waals surface area contributed by atoms with Crippen molar-refractivity contribution in [2.75, 3.05) is 6.54 Å². The van der Waals surface area contributed by atoms with Gasteiger partial charge in [0.25, 0.3) is 0 Å². The van der Waals surface area contributed by atoms with Crippen molar-refractivity contribution in [2.45, 2.75) is 124 Å². The number of hydrogen-bond donors (Lipinski definition) is 1. The van der Waals surface area contributed by atoms with Crippen LogP contribution in [0.3, 0.4) is 0 Å². The number of carbonyl (C=O) groups excluding carboxylic acids is 2. The summed E-state index contributed by atoms with van der Waals surface area (Å²) in [6, 6.07) is 0. The van der Waals surface area contributed by atoms with Crippen LogP contribution in [0.25, 0.3) is 0 Å². The first kappa shape index (κ1) is 27.8. The molecule has 9 atom stereocenters. The van der Waals surface area contributed by atoms with Crippen LogP contribution in [0.5, 0.6) is 0 Å². The monoisotopic (exact) mass is 525 g/mol. The lowest BCUT2D eigenvalue weighted by Crippen LogP contribution is -2.50. The summed E-state index contributed by atoms with van der Waals surface area (Å²) in [5.74, 6) is 4.49. The van der Waals surface area contributed by atoms with Gasteiger partial charge in [-0.3, -0.25) is 9.59 Å². The van der Waals surface area contributed by atoms with E-state index in [-0.39, 0.29) is 23.4 Å². The first-order valence-electron chi connectivity index (χ1n) is 15.6. The molecule has 1 N–H and O–H groups in total. The number of allylic oxidation sites excluding steroid dienone is 2. The van der Waals surface area contributed by atoms with Gasteiger partial charge in [-0.05, 0) is 98.4 Å². The Bertz CT molecular complexity index is 999. The predicted octanol–water partition coefficient (Wildman–Crippen LogP) is 7.11. The molecule has 0 aromatic carbocycles. The van der Waals surface area contributed by atoms with Crippen molar-refractivity contribution in [2.24, 2.45) is 40.4 Å². The molecule has 3 fully saturated rings. The summed E-state index contributed by atoms with van der Waals surface area (Å²) in [6.45, 7) is 14.0. The fourth-order valence-electron chi connectivity index (χ4n) is 9.56. The van der Waals surface area contributed by atoms with Gasteiger partial charge in [0.1, 0.15) is 12.2 Å². The van der Waals surface area contributed by atoms with Crippen LogP contribution >= 0.6 is 0 Å². The van der Waals surface area contributed by atoms with Crippen molar-refractivity contribution in [1.29, 1.82) is 0 Å². The van der Waals surface area contributed by atoms with E-state index < -0.39 is 0 Å². The highest BCUT2D eigenvalue weighted by molar-refractivity contribution is 5.72. The topological polar surface area (TPSA) is 64.6 Å². The number of ether oxygens (including phenoxy) is 2. The smallest absolute Gasteiger partial charge is 0.306 e. The summed E-state index contributed by atoms with van der Waals surface area (Å²) < 4.78 is 12.6. The van der Waals surface area contributed by atoms with Crippen molar-refractivity contribution >= 4 is 11.9 Å². The summed E-state index contributed by atoms with van der Waals surface area (Å²) in [5, 5.41) is 2.96. The number of rotatable bonds is 8. The van der Waals surface area contributed by atoms with Crippen LogP contribution in [0.1, 0.15) is 112 Å². The van der Waals surface area contributed by atoms with E-state index in [0.29, 0.717) is 29.8 Å². The third kappa shape index (κ3) is 4.85. The minimum atomic E-state index is -0.0219. The molecule has 38 heavy (non-hydrogen) atoms. The second kappa shape index (κ2) is 10.7. The van der Waals surface area contributed by atoms with Crippen LogP contribution in [-0.4, -0.2) is 30.6 Å².